The van der Waals surface area contributed by atoms with Gasteiger partial charge in [0, 0.05) is 18.0 Å². The number of methoxy groups -OCH3 is 1. The van der Waals surface area contributed by atoms with E-state index in [1.165, 1.54) is 5.69 Å². The van der Waals surface area contributed by atoms with E-state index < -0.39 is 0 Å². The molecule has 4 heteroatoms. The third-order valence-electron chi connectivity index (χ3n) is 3.28. The minimum Gasteiger partial charge on any atom is -0.493 e. The Morgan fingerprint density at radius 2 is 2.18 bits per heavy atom. The molecule has 0 saturated heterocycles. The molecule has 1 aromatic heterocycles. The SMILES string of the molecule is CCn1ncc(OC)c1C(C)(C)CC(C)NC. The third-order valence-corrected chi connectivity index (χ3v) is 3.28. The Balaban J connectivity index is 3.07. The molecular weight excluding hydrogens is 214 g/mol. The van der Waals surface area contributed by atoms with E-state index in [0.717, 1.165) is 18.7 Å². The summed E-state index contributed by atoms with van der Waals surface area (Å²) in [4.78, 5) is 0. The molecule has 0 saturated carbocycles. The topological polar surface area (TPSA) is 39.1 Å². The van der Waals surface area contributed by atoms with Crippen molar-refractivity contribution in [3.63, 3.8) is 0 Å². The lowest BCUT2D eigenvalue weighted by Gasteiger charge is -2.29. The zero-order valence-corrected chi connectivity index (χ0v) is 11.9. The lowest BCUT2D eigenvalue weighted by molar-refractivity contribution is 0.346. The highest BCUT2D eigenvalue weighted by Gasteiger charge is 2.30. The summed E-state index contributed by atoms with van der Waals surface area (Å²) in [6.45, 7) is 9.66. The van der Waals surface area contributed by atoms with Crippen molar-refractivity contribution in [1.29, 1.82) is 0 Å². The van der Waals surface area contributed by atoms with Crippen molar-refractivity contribution in [3.8, 4) is 5.75 Å². The fourth-order valence-corrected chi connectivity index (χ4v) is 2.40. The third kappa shape index (κ3) is 3.00. The van der Waals surface area contributed by atoms with E-state index in [-0.39, 0.29) is 5.41 Å². The molecule has 0 aliphatic carbocycles. The number of nitrogens with one attached hydrogen (secondary N) is 1. The van der Waals surface area contributed by atoms with Gasteiger partial charge in [-0.15, -0.1) is 0 Å². The van der Waals surface area contributed by atoms with Crippen molar-refractivity contribution in [3.05, 3.63) is 11.9 Å². The maximum Gasteiger partial charge on any atom is 0.160 e. The summed E-state index contributed by atoms with van der Waals surface area (Å²) in [6, 6.07) is 0.468. The molecule has 0 radical (unpaired) electrons. The molecule has 1 rings (SSSR count). The first-order chi connectivity index (χ1) is 7.96. The number of hydrogen-bond donors (Lipinski definition) is 1. The first-order valence-electron chi connectivity index (χ1n) is 6.23. The molecule has 1 N–H and O–H groups in total. The van der Waals surface area contributed by atoms with Crippen LogP contribution in [-0.2, 0) is 12.0 Å². The summed E-state index contributed by atoms with van der Waals surface area (Å²) in [5.74, 6) is 0.889. The molecule has 0 aliphatic rings. The number of aryl methyl sites for hydroxylation is 1. The van der Waals surface area contributed by atoms with Gasteiger partial charge in [0.25, 0.3) is 0 Å². The normalized spacial score (nSPS) is 13.8. The maximum atomic E-state index is 5.43. The van der Waals surface area contributed by atoms with Gasteiger partial charge in [0.2, 0.25) is 0 Å². The summed E-state index contributed by atoms with van der Waals surface area (Å²) in [5, 5.41) is 7.66. The highest BCUT2D eigenvalue weighted by Crippen LogP contribution is 2.35. The smallest absolute Gasteiger partial charge is 0.160 e. The maximum absolute atomic E-state index is 5.43. The van der Waals surface area contributed by atoms with Gasteiger partial charge in [-0.3, -0.25) is 4.68 Å². The fraction of sp³-hybridized carbons (Fsp3) is 0.769. The van der Waals surface area contributed by atoms with Crippen molar-refractivity contribution in [1.82, 2.24) is 15.1 Å². The zero-order chi connectivity index (χ0) is 13.1. The minimum atomic E-state index is 0.0419. The molecule has 0 fully saturated rings. The predicted molar refractivity (Wildman–Crippen MR) is 70.6 cm³/mol. The van der Waals surface area contributed by atoms with Crippen LogP contribution in [0.15, 0.2) is 6.20 Å². The van der Waals surface area contributed by atoms with E-state index >= 15 is 0 Å². The lowest BCUT2D eigenvalue weighted by atomic mass is 9.82. The highest BCUT2D eigenvalue weighted by molar-refractivity contribution is 5.32. The van der Waals surface area contributed by atoms with E-state index in [4.69, 9.17) is 4.74 Å². The Morgan fingerprint density at radius 3 is 2.65 bits per heavy atom. The second-order valence-corrected chi connectivity index (χ2v) is 5.16. The van der Waals surface area contributed by atoms with Crippen molar-refractivity contribution in [2.75, 3.05) is 14.2 Å². The molecule has 0 amide bonds. The largest absolute Gasteiger partial charge is 0.493 e. The quantitative estimate of drug-likeness (QED) is 0.827. The minimum absolute atomic E-state index is 0.0419. The van der Waals surface area contributed by atoms with Crippen molar-refractivity contribution in [2.45, 2.75) is 52.1 Å². The Kier molecular flexibility index (Phi) is 4.57. The number of nitrogens with zero attached hydrogens (tertiary/aromatic N) is 2. The van der Waals surface area contributed by atoms with Gasteiger partial charge < -0.3 is 10.1 Å². The Morgan fingerprint density at radius 1 is 1.53 bits per heavy atom. The predicted octanol–water partition coefficient (Wildman–Crippen LogP) is 2.19. The molecule has 1 unspecified atom stereocenters. The summed E-state index contributed by atoms with van der Waals surface area (Å²) in [7, 11) is 3.70. The van der Waals surface area contributed by atoms with Crippen LogP contribution in [0.2, 0.25) is 0 Å². The zero-order valence-electron chi connectivity index (χ0n) is 11.9. The van der Waals surface area contributed by atoms with E-state index in [0.29, 0.717) is 6.04 Å². The number of hydrogen-bond acceptors (Lipinski definition) is 3. The van der Waals surface area contributed by atoms with Gasteiger partial charge in [-0.05, 0) is 27.3 Å². The van der Waals surface area contributed by atoms with E-state index in [1.807, 2.05) is 17.9 Å². The fourth-order valence-electron chi connectivity index (χ4n) is 2.40. The van der Waals surface area contributed by atoms with Crippen LogP contribution in [0.4, 0.5) is 0 Å². The van der Waals surface area contributed by atoms with Crippen molar-refractivity contribution < 1.29 is 4.74 Å². The van der Waals surface area contributed by atoms with E-state index in [2.05, 4.69) is 38.1 Å². The van der Waals surface area contributed by atoms with Gasteiger partial charge in [0.05, 0.1) is 19.0 Å². The first kappa shape index (κ1) is 14.0. The second-order valence-electron chi connectivity index (χ2n) is 5.16. The van der Waals surface area contributed by atoms with Gasteiger partial charge in [-0.1, -0.05) is 13.8 Å². The van der Waals surface area contributed by atoms with Crippen LogP contribution < -0.4 is 10.1 Å². The van der Waals surface area contributed by atoms with E-state index in [1.54, 1.807) is 7.11 Å². The molecule has 1 atom stereocenters. The lowest BCUT2D eigenvalue weighted by Crippen LogP contribution is -2.32. The number of rotatable bonds is 6. The van der Waals surface area contributed by atoms with Crippen LogP contribution in [0, 0.1) is 0 Å². The van der Waals surface area contributed by atoms with Crippen LogP contribution in [0.25, 0.3) is 0 Å². The van der Waals surface area contributed by atoms with Gasteiger partial charge in [0.15, 0.2) is 5.75 Å². The van der Waals surface area contributed by atoms with Gasteiger partial charge in [-0.2, -0.15) is 5.10 Å². The average molecular weight is 239 g/mol. The molecule has 17 heavy (non-hydrogen) atoms. The van der Waals surface area contributed by atoms with Crippen LogP contribution in [0.5, 0.6) is 5.75 Å². The Bertz CT molecular complexity index is 336. The summed E-state index contributed by atoms with van der Waals surface area (Å²) in [6.07, 6.45) is 2.86. The molecule has 0 bridgehead atoms. The monoisotopic (exact) mass is 239 g/mol. The summed E-state index contributed by atoms with van der Waals surface area (Å²) in [5.41, 5.74) is 1.23. The number of aromatic nitrogens is 2. The Hall–Kier alpha value is -1.03. The molecule has 0 aromatic carbocycles. The highest BCUT2D eigenvalue weighted by atomic mass is 16.5. The van der Waals surface area contributed by atoms with Crippen LogP contribution in [0.3, 0.4) is 0 Å². The van der Waals surface area contributed by atoms with Crippen LogP contribution in [-0.4, -0.2) is 30.0 Å². The molecular formula is C13H25N3O. The first-order valence-corrected chi connectivity index (χ1v) is 6.23. The van der Waals surface area contributed by atoms with Crippen molar-refractivity contribution >= 4 is 0 Å². The molecule has 98 valence electrons. The second kappa shape index (κ2) is 5.54. The van der Waals surface area contributed by atoms with Gasteiger partial charge in [0.1, 0.15) is 0 Å². The summed E-state index contributed by atoms with van der Waals surface area (Å²) < 4.78 is 7.45. The van der Waals surface area contributed by atoms with Crippen LogP contribution >= 0.6 is 0 Å². The van der Waals surface area contributed by atoms with E-state index in [9.17, 15) is 0 Å². The van der Waals surface area contributed by atoms with Gasteiger partial charge in [-0.25, -0.2) is 0 Å². The molecule has 1 aromatic rings. The van der Waals surface area contributed by atoms with Crippen LogP contribution in [0.1, 0.15) is 39.8 Å². The standard InChI is InChI=1S/C13H25N3O/c1-7-16-12(11(17-6)9-15-16)13(3,4)8-10(2)14-5/h9-10,14H,7-8H2,1-6H3. The van der Waals surface area contributed by atoms with Gasteiger partial charge >= 0.3 is 0 Å². The molecule has 1 heterocycles. The molecule has 4 nitrogen and oxygen atoms in total. The summed E-state index contributed by atoms with van der Waals surface area (Å²) >= 11 is 0. The molecule has 0 aliphatic heterocycles. The van der Waals surface area contributed by atoms with Crippen molar-refractivity contribution in [2.24, 2.45) is 0 Å². The Labute approximate surface area is 104 Å². The number of ether oxygens (including phenoxy) is 1. The molecule has 0 spiro atoms. The average Bonchev–Trinajstić information content (AvgIpc) is 2.71.